The normalized spacial score (nSPS) is 11.4. The van der Waals surface area contributed by atoms with E-state index in [0.29, 0.717) is 5.69 Å². The van der Waals surface area contributed by atoms with Gasteiger partial charge in [-0.25, -0.2) is 4.68 Å². The van der Waals surface area contributed by atoms with Crippen LogP contribution in [-0.2, 0) is 0 Å². The molecule has 0 radical (unpaired) electrons. The summed E-state index contributed by atoms with van der Waals surface area (Å²) in [7, 11) is 0. The molecule has 0 spiro atoms. The number of hydrogen-bond acceptors (Lipinski definition) is 4. The van der Waals surface area contributed by atoms with Crippen molar-refractivity contribution in [1.29, 1.82) is 0 Å². The molecule has 1 N–H and O–H groups in total. The van der Waals surface area contributed by atoms with Crippen LogP contribution in [0.25, 0.3) is 17.1 Å². The number of carbonyl (C=O) groups excluding carboxylic acids is 1. The molecule has 6 heteroatoms. The summed E-state index contributed by atoms with van der Waals surface area (Å²) < 4.78 is 1.70. The number of nitrogens with one attached hydrogen (secondary N) is 1. The molecule has 0 fully saturated rings. The molecule has 0 saturated heterocycles. The van der Waals surface area contributed by atoms with Gasteiger partial charge in [-0.2, -0.15) is 5.10 Å². The lowest BCUT2D eigenvalue weighted by Crippen LogP contribution is -2.40. The van der Waals surface area contributed by atoms with Crippen LogP contribution in [0.2, 0.25) is 0 Å². The third kappa shape index (κ3) is 3.91. The Morgan fingerprint density at radius 2 is 1.96 bits per heavy atom. The fourth-order valence-corrected chi connectivity index (χ4v) is 2.37. The van der Waals surface area contributed by atoms with Gasteiger partial charge < -0.3 is 5.32 Å². The van der Waals surface area contributed by atoms with E-state index in [4.69, 9.17) is 0 Å². The van der Waals surface area contributed by atoms with Gasteiger partial charge in [0, 0.05) is 17.9 Å². The number of pyridine rings is 2. The van der Waals surface area contributed by atoms with Crippen LogP contribution in [0.1, 0.15) is 36.8 Å². The predicted molar refractivity (Wildman–Crippen MR) is 96.5 cm³/mol. The number of hydrogen-bond donors (Lipinski definition) is 1. The Labute approximate surface area is 146 Å². The van der Waals surface area contributed by atoms with Crippen molar-refractivity contribution in [1.82, 2.24) is 25.1 Å². The molecule has 0 unspecified atom stereocenters. The van der Waals surface area contributed by atoms with E-state index in [0.717, 1.165) is 22.6 Å². The molecule has 3 aromatic heterocycles. The van der Waals surface area contributed by atoms with E-state index in [1.165, 1.54) is 0 Å². The Bertz CT molecular complexity index is 876. The number of aromatic nitrogens is 4. The third-order valence-electron chi connectivity index (χ3n) is 3.49. The largest absolute Gasteiger partial charge is 0.346 e. The van der Waals surface area contributed by atoms with Crippen molar-refractivity contribution in [3.63, 3.8) is 0 Å². The minimum atomic E-state index is -0.336. The molecule has 0 aromatic carbocycles. The van der Waals surface area contributed by atoms with E-state index in [9.17, 15) is 4.79 Å². The summed E-state index contributed by atoms with van der Waals surface area (Å²) in [5.41, 5.74) is 3.34. The number of amides is 1. The molecule has 3 heterocycles. The Hall–Kier alpha value is -3.02. The van der Waals surface area contributed by atoms with Crippen LogP contribution >= 0.6 is 0 Å². The maximum atomic E-state index is 12.5. The van der Waals surface area contributed by atoms with Gasteiger partial charge in [-0.1, -0.05) is 6.07 Å². The van der Waals surface area contributed by atoms with Crippen molar-refractivity contribution in [3.05, 3.63) is 60.2 Å². The molecule has 25 heavy (non-hydrogen) atoms. The van der Waals surface area contributed by atoms with Gasteiger partial charge in [0.15, 0.2) is 5.69 Å². The van der Waals surface area contributed by atoms with Crippen LogP contribution in [0.15, 0.2) is 48.9 Å². The van der Waals surface area contributed by atoms with Crippen molar-refractivity contribution < 1.29 is 4.79 Å². The first-order chi connectivity index (χ1) is 11.8. The summed E-state index contributed by atoms with van der Waals surface area (Å²) in [5.74, 6) is -0.219. The second-order valence-electron chi connectivity index (χ2n) is 6.96. The smallest absolute Gasteiger partial charge is 0.272 e. The average Bonchev–Trinajstić information content (AvgIpc) is 3.00. The number of rotatable bonds is 3. The molecule has 0 saturated carbocycles. The molecule has 1 amide bonds. The zero-order chi connectivity index (χ0) is 18.0. The molecule has 0 bridgehead atoms. The van der Waals surface area contributed by atoms with Crippen LogP contribution in [0, 0.1) is 6.92 Å². The molecule has 0 aliphatic rings. The minimum absolute atomic E-state index is 0.219. The predicted octanol–water partition coefficient (Wildman–Crippen LogP) is 3.17. The lowest BCUT2D eigenvalue weighted by molar-refractivity contribution is 0.0914. The highest BCUT2D eigenvalue weighted by atomic mass is 16.2. The fourth-order valence-electron chi connectivity index (χ4n) is 2.37. The lowest BCUT2D eigenvalue weighted by Gasteiger charge is -2.19. The molecule has 6 nitrogen and oxygen atoms in total. The van der Waals surface area contributed by atoms with Gasteiger partial charge in [0.1, 0.15) is 0 Å². The molecular formula is C19H21N5O. The summed E-state index contributed by atoms with van der Waals surface area (Å²) in [4.78, 5) is 21.1. The van der Waals surface area contributed by atoms with E-state index in [2.05, 4.69) is 20.4 Å². The summed E-state index contributed by atoms with van der Waals surface area (Å²) in [6.07, 6.45) is 5.20. The Morgan fingerprint density at radius 1 is 1.16 bits per heavy atom. The molecule has 128 valence electrons. The molecule has 3 rings (SSSR count). The second-order valence-corrected chi connectivity index (χ2v) is 6.96. The highest BCUT2D eigenvalue weighted by Crippen LogP contribution is 2.22. The lowest BCUT2D eigenvalue weighted by atomic mass is 10.1. The molecule has 0 atom stereocenters. The first-order valence-electron chi connectivity index (χ1n) is 8.09. The zero-order valence-electron chi connectivity index (χ0n) is 14.8. The van der Waals surface area contributed by atoms with Gasteiger partial charge in [0.2, 0.25) is 0 Å². The van der Waals surface area contributed by atoms with Gasteiger partial charge in [0.25, 0.3) is 5.91 Å². The first kappa shape index (κ1) is 16.8. The van der Waals surface area contributed by atoms with Crippen molar-refractivity contribution in [2.45, 2.75) is 33.2 Å². The fraction of sp³-hybridized carbons (Fsp3) is 0.263. The molecular weight excluding hydrogens is 314 g/mol. The Balaban J connectivity index is 2.09. The standard InChI is InChI=1S/C19H21N5O/c1-13-7-8-15(21-11-13)17-10-16(18(25)22-19(2,3)4)23-24(17)14-6-5-9-20-12-14/h5-12H,1-4H3,(H,22,25). The first-order valence-corrected chi connectivity index (χ1v) is 8.09. The van der Waals surface area contributed by atoms with Crippen molar-refractivity contribution in [3.8, 4) is 17.1 Å². The van der Waals surface area contributed by atoms with Gasteiger partial charge in [0.05, 0.1) is 23.3 Å². The zero-order valence-corrected chi connectivity index (χ0v) is 14.8. The van der Waals surface area contributed by atoms with E-state index in [1.54, 1.807) is 29.3 Å². The maximum Gasteiger partial charge on any atom is 0.272 e. The highest BCUT2D eigenvalue weighted by Gasteiger charge is 2.21. The highest BCUT2D eigenvalue weighted by molar-refractivity contribution is 5.94. The quantitative estimate of drug-likeness (QED) is 0.798. The SMILES string of the molecule is Cc1ccc(-c2cc(C(=O)NC(C)(C)C)nn2-c2cccnc2)nc1. The van der Waals surface area contributed by atoms with Crippen LogP contribution in [0.4, 0.5) is 0 Å². The van der Waals surface area contributed by atoms with E-state index < -0.39 is 0 Å². The minimum Gasteiger partial charge on any atom is -0.346 e. The Kier molecular flexibility index (Phi) is 4.35. The summed E-state index contributed by atoms with van der Waals surface area (Å²) in [5, 5.41) is 7.43. The molecule has 0 aliphatic heterocycles. The third-order valence-corrected chi connectivity index (χ3v) is 3.49. The topological polar surface area (TPSA) is 72.7 Å². The van der Waals surface area contributed by atoms with Crippen LogP contribution < -0.4 is 5.32 Å². The van der Waals surface area contributed by atoms with Gasteiger partial charge in [-0.15, -0.1) is 0 Å². The maximum absolute atomic E-state index is 12.5. The molecule has 3 aromatic rings. The van der Waals surface area contributed by atoms with Crippen molar-refractivity contribution >= 4 is 5.91 Å². The number of carbonyl (C=O) groups is 1. The summed E-state index contributed by atoms with van der Waals surface area (Å²) in [6.45, 7) is 7.79. The van der Waals surface area contributed by atoms with Gasteiger partial charge in [-0.05, 0) is 57.5 Å². The van der Waals surface area contributed by atoms with Crippen LogP contribution in [0.5, 0.6) is 0 Å². The monoisotopic (exact) mass is 335 g/mol. The second kappa shape index (κ2) is 6.47. The van der Waals surface area contributed by atoms with Crippen molar-refractivity contribution in [2.24, 2.45) is 0 Å². The average molecular weight is 335 g/mol. The molecule has 0 aliphatic carbocycles. The van der Waals surface area contributed by atoms with E-state index in [1.807, 2.05) is 52.0 Å². The van der Waals surface area contributed by atoms with E-state index in [-0.39, 0.29) is 11.4 Å². The summed E-state index contributed by atoms with van der Waals surface area (Å²) >= 11 is 0. The van der Waals surface area contributed by atoms with Gasteiger partial charge >= 0.3 is 0 Å². The number of aryl methyl sites for hydroxylation is 1. The summed E-state index contributed by atoms with van der Waals surface area (Å²) in [6, 6.07) is 9.38. The van der Waals surface area contributed by atoms with Crippen molar-refractivity contribution in [2.75, 3.05) is 0 Å². The van der Waals surface area contributed by atoms with Crippen LogP contribution in [-0.4, -0.2) is 31.2 Å². The number of nitrogens with zero attached hydrogens (tertiary/aromatic N) is 4. The van der Waals surface area contributed by atoms with Crippen LogP contribution in [0.3, 0.4) is 0 Å². The van der Waals surface area contributed by atoms with E-state index >= 15 is 0 Å². The van der Waals surface area contributed by atoms with Gasteiger partial charge in [-0.3, -0.25) is 14.8 Å². The Morgan fingerprint density at radius 3 is 2.56 bits per heavy atom.